The number of carbonyl (C=O) groups excluding carboxylic acids is 2. The van der Waals surface area contributed by atoms with Crippen molar-refractivity contribution in [2.45, 2.75) is 32.0 Å². The molecule has 2 unspecified atom stereocenters. The highest BCUT2D eigenvalue weighted by Gasteiger charge is 2.07. The predicted molar refractivity (Wildman–Crippen MR) is 84.8 cm³/mol. The topological polar surface area (TPSA) is 117 Å². The molecule has 0 aliphatic heterocycles. The van der Waals surface area contributed by atoms with Crippen LogP contribution in [-0.4, -0.2) is 73.8 Å². The van der Waals surface area contributed by atoms with E-state index in [1.807, 2.05) is 6.92 Å². The maximum absolute atomic E-state index is 11.2. The summed E-state index contributed by atoms with van der Waals surface area (Å²) in [5, 5.41) is 24.1. The van der Waals surface area contributed by atoms with Crippen molar-refractivity contribution in [2.75, 3.05) is 39.5 Å². The zero-order valence-corrected chi connectivity index (χ0v) is 13.6. The van der Waals surface area contributed by atoms with E-state index in [0.717, 1.165) is 12.5 Å². The molecule has 0 aromatic carbocycles. The SMILES string of the molecule is C=CC(=O)NCC(O)COCCOCC(O)CNC(=O)CCC. The van der Waals surface area contributed by atoms with Crippen molar-refractivity contribution in [3.63, 3.8) is 0 Å². The van der Waals surface area contributed by atoms with Gasteiger partial charge in [0, 0.05) is 19.5 Å². The second kappa shape index (κ2) is 14.1. The summed E-state index contributed by atoms with van der Waals surface area (Å²) in [5.41, 5.74) is 0. The minimum atomic E-state index is -0.807. The molecule has 8 nitrogen and oxygen atoms in total. The molecule has 0 radical (unpaired) electrons. The molecule has 0 saturated heterocycles. The first-order valence-corrected chi connectivity index (χ1v) is 7.68. The standard InChI is InChI=1S/C15H28N2O6/c1-3-5-15(21)17-9-13(19)11-23-7-6-22-10-12(18)8-16-14(20)4-2/h4,12-13,18-19H,2-3,5-11H2,1H3,(H,16,20)(H,17,21). The maximum Gasteiger partial charge on any atom is 0.243 e. The lowest BCUT2D eigenvalue weighted by Gasteiger charge is -2.13. The second-order valence-electron chi connectivity index (χ2n) is 4.96. The van der Waals surface area contributed by atoms with Crippen molar-refractivity contribution in [2.24, 2.45) is 0 Å². The van der Waals surface area contributed by atoms with Crippen LogP contribution in [-0.2, 0) is 19.1 Å². The van der Waals surface area contributed by atoms with Crippen LogP contribution in [0.1, 0.15) is 19.8 Å². The van der Waals surface area contributed by atoms with Gasteiger partial charge in [-0.3, -0.25) is 9.59 Å². The first kappa shape index (κ1) is 21.5. The third-order valence-corrected chi connectivity index (χ3v) is 2.70. The molecular weight excluding hydrogens is 304 g/mol. The van der Waals surface area contributed by atoms with Crippen LogP contribution in [0, 0.1) is 0 Å². The molecule has 2 amide bonds. The fourth-order valence-electron chi connectivity index (χ4n) is 1.51. The summed E-state index contributed by atoms with van der Waals surface area (Å²) >= 11 is 0. The molecule has 2 atom stereocenters. The molecule has 0 bridgehead atoms. The van der Waals surface area contributed by atoms with Crippen molar-refractivity contribution in [3.8, 4) is 0 Å². The molecular formula is C15H28N2O6. The van der Waals surface area contributed by atoms with E-state index in [0.29, 0.717) is 6.42 Å². The molecule has 0 rings (SSSR count). The Morgan fingerprint density at radius 3 is 2.09 bits per heavy atom. The fraction of sp³-hybridized carbons (Fsp3) is 0.733. The third-order valence-electron chi connectivity index (χ3n) is 2.70. The van der Waals surface area contributed by atoms with Crippen LogP contribution in [0.4, 0.5) is 0 Å². The minimum absolute atomic E-state index is 0.0659. The number of hydrogen-bond donors (Lipinski definition) is 4. The normalized spacial score (nSPS) is 13.2. The molecule has 0 fully saturated rings. The smallest absolute Gasteiger partial charge is 0.243 e. The first-order chi connectivity index (χ1) is 11.0. The Morgan fingerprint density at radius 1 is 1.09 bits per heavy atom. The van der Waals surface area contributed by atoms with Gasteiger partial charge in [0.1, 0.15) is 0 Å². The van der Waals surface area contributed by atoms with Gasteiger partial charge in [0.05, 0.1) is 38.6 Å². The van der Waals surface area contributed by atoms with Gasteiger partial charge < -0.3 is 30.3 Å². The Morgan fingerprint density at radius 2 is 1.61 bits per heavy atom. The highest BCUT2D eigenvalue weighted by atomic mass is 16.5. The summed E-state index contributed by atoms with van der Waals surface area (Å²) in [6.45, 7) is 6.10. The molecule has 0 spiro atoms. The number of carbonyl (C=O) groups is 2. The molecule has 0 aromatic rings. The number of ether oxygens (including phenoxy) is 2. The van der Waals surface area contributed by atoms with Crippen LogP contribution in [0.3, 0.4) is 0 Å². The Balaban J connectivity index is 3.45. The molecule has 0 heterocycles. The summed E-state index contributed by atoms with van der Waals surface area (Å²) in [4.78, 5) is 22.1. The van der Waals surface area contributed by atoms with Gasteiger partial charge in [-0.25, -0.2) is 0 Å². The minimum Gasteiger partial charge on any atom is -0.389 e. The highest BCUT2D eigenvalue weighted by molar-refractivity contribution is 5.86. The Kier molecular flexibility index (Phi) is 13.2. The van der Waals surface area contributed by atoms with Gasteiger partial charge in [0.15, 0.2) is 0 Å². The lowest BCUT2D eigenvalue weighted by molar-refractivity contribution is -0.122. The summed E-state index contributed by atoms with van der Waals surface area (Å²) in [6.07, 6.45) is 0.751. The first-order valence-electron chi connectivity index (χ1n) is 7.68. The van der Waals surface area contributed by atoms with Crippen LogP contribution >= 0.6 is 0 Å². The van der Waals surface area contributed by atoms with Gasteiger partial charge in [0.25, 0.3) is 0 Å². The monoisotopic (exact) mass is 332 g/mol. The van der Waals surface area contributed by atoms with Crippen molar-refractivity contribution in [3.05, 3.63) is 12.7 Å². The van der Waals surface area contributed by atoms with E-state index in [-0.39, 0.29) is 51.3 Å². The van der Waals surface area contributed by atoms with Crippen molar-refractivity contribution < 1.29 is 29.3 Å². The third kappa shape index (κ3) is 13.9. The quantitative estimate of drug-likeness (QED) is 0.238. The van der Waals surface area contributed by atoms with E-state index in [9.17, 15) is 19.8 Å². The Hall–Kier alpha value is -1.48. The van der Waals surface area contributed by atoms with Gasteiger partial charge in [-0.1, -0.05) is 13.5 Å². The van der Waals surface area contributed by atoms with Crippen LogP contribution in [0.25, 0.3) is 0 Å². The molecule has 4 N–H and O–H groups in total. The lowest BCUT2D eigenvalue weighted by Crippen LogP contribution is -2.35. The molecule has 0 aromatic heterocycles. The average Bonchev–Trinajstić information content (AvgIpc) is 2.54. The average molecular weight is 332 g/mol. The van der Waals surface area contributed by atoms with Crippen molar-refractivity contribution in [1.29, 1.82) is 0 Å². The van der Waals surface area contributed by atoms with Crippen LogP contribution in [0.2, 0.25) is 0 Å². The summed E-state index contributed by atoms with van der Waals surface area (Å²) in [5.74, 6) is -0.445. The zero-order chi connectivity index (χ0) is 17.5. The van der Waals surface area contributed by atoms with E-state index in [2.05, 4.69) is 17.2 Å². The lowest BCUT2D eigenvalue weighted by atomic mass is 10.3. The number of aliphatic hydroxyl groups is 2. The van der Waals surface area contributed by atoms with Gasteiger partial charge >= 0.3 is 0 Å². The summed E-state index contributed by atoms with van der Waals surface area (Å²) in [6, 6.07) is 0. The van der Waals surface area contributed by atoms with E-state index in [1.165, 1.54) is 0 Å². The largest absolute Gasteiger partial charge is 0.389 e. The number of aliphatic hydroxyl groups excluding tert-OH is 2. The molecule has 8 heteroatoms. The van der Waals surface area contributed by atoms with Crippen LogP contribution < -0.4 is 10.6 Å². The van der Waals surface area contributed by atoms with E-state index < -0.39 is 12.2 Å². The van der Waals surface area contributed by atoms with Gasteiger partial charge in [0.2, 0.25) is 11.8 Å². The number of amides is 2. The Labute approximate surface area is 136 Å². The number of nitrogens with one attached hydrogen (secondary N) is 2. The van der Waals surface area contributed by atoms with Gasteiger partial charge in [-0.2, -0.15) is 0 Å². The van der Waals surface area contributed by atoms with Crippen LogP contribution in [0.5, 0.6) is 0 Å². The van der Waals surface area contributed by atoms with E-state index in [4.69, 9.17) is 9.47 Å². The maximum atomic E-state index is 11.2. The van der Waals surface area contributed by atoms with E-state index in [1.54, 1.807) is 0 Å². The fourth-order valence-corrected chi connectivity index (χ4v) is 1.51. The number of rotatable bonds is 14. The van der Waals surface area contributed by atoms with E-state index >= 15 is 0 Å². The Bertz CT molecular complexity index is 351. The molecule has 0 saturated carbocycles. The molecule has 0 aliphatic rings. The van der Waals surface area contributed by atoms with Crippen molar-refractivity contribution in [1.82, 2.24) is 10.6 Å². The predicted octanol–water partition coefficient (Wildman–Crippen LogP) is -1.04. The molecule has 0 aliphatic carbocycles. The molecule has 134 valence electrons. The summed E-state index contributed by atoms with van der Waals surface area (Å²) < 4.78 is 10.4. The second-order valence-corrected chi connectivity index (χ2v) is 4.96. The zero-order valence-electron chi connectivity index (χ0n) is 13.6. The van der Waals surface area contributed by atoms with Crippen LogP contribution in [0.15, 0.2) is 12.7 Å². The summed E-state index contributed by atoms with van der Waals surface area (Å²) in [7, 11) is 0. The van der Waals surface area contributed by atoms with Gasteiger partial charge in [-0.15, -0.1) is 0 Å². The molecule has 23 heavy (non-hydrogen) atoms. The van der Waals surface area contributed by atoms with Gasteiger partial charge in [-0.05, 0) is 12.5 Å². The van der Waals surface area contributed by atoms with Crippen molar-refractivity contribution >= 4 is 11.8 Å². The number of hydrogen-bond acceptors (Lipinski definition) is 6. The highest BCUT2D eigenvalue weighted by Crippen LogP contribution is 1.90.